The Labute approximate surface area is 200 Å². The fourth-order valence-electron chi connectivity index (χ4n) is 4.44. The second kappa shape index (κ2) is 9.95. The molecule has 0 aliphatic rings. The number of hydrogen-bond acceptors (Lipinski definition) is 1. The van der Waals surface area contributed by atoms with Crippen molar-refractivity contribution in [3.8, 4) is 0 Å². The molecule has 0 heterocycles. The van der Waals surface area contributed by atoms with E-state index in [1.165, 1.54) is 13.2 Å². The third-order valence-electron chi connectivity index (χ3n) is 5.95. The van der Waals surface area contributed by atoms with Crippen molar-refractivity contribution >= 4 is 55.6 Å². The Morgan fingerprint density at radius 1 is 0.719 bits per heavy atom. The molecule has 0 saturated heterocycles. The van der Waals surface area contributed by atoms with Gasteiger partial charge >= 0.3 is 202 Å². The summed E-state index contributed by atoms with van der Waals surface area (Å²) in [5, 5.41) is 11.7. The van der Waals surface area contributed by atoms with Gasteiger partial charge in [-0.3, -0.25) is 0 Å². The van der Waals surface area contributed by atoms with Crippen LogP contribution in [0.5, 0.6) is 0 Å². The van der Waals surface area contributed by atoms with E-state index in [9.17, 15) is 9.90 Å². The first kappa shape index (κ1) is 22.7. The van der Waals surface area contributed by atoms with E-state index in [4.69, 9.17) is 23.2 Å². The molecule has 0 aliphatic carbocycles. The van der Waals surface area contributed by atoms with E-state index in [0.29, 0.717) is 20.9 Å². The monoisotopic (exact) mass is 522 g/mol. The fraction of sp³-hybridized carbons (Fsp3) is 0.0741. The van der Waals surface area contributed by atoms with Gasteiger partial charge in [-0.05, 0) is 0 Å². The van der Waals surface area contributed by atoms with Gasteiger partial charge in [0.25, 0.3) is 0 Å². The summed E-state index contributed by atoms with van der Waals surface area (Å²) in [6.07, 6.45) is 0. The van der Waals surface area contributed by atoms with Crippen molar-refractivity contribution in [2.45, 2.75) is 11.2 Å². The molecule has 2 nitrogen and oxygen atoms in total. The molecule has 1 atom stereocenters. The van der Waals surface area contributed by atoms with Crippen LogP contribution in [0.3, 0.4) is 0 Å². The molecule has 4 aromatic rings. The fourth-order valence-corrected chi connectivity index (χ4v) is 15.5. The summed E-state index contributed by atoms with van der Waals surface area (Å²) in [4.78, 5) is 12.6. The molecule has 5 heteroatoms. The number of carboxylic acids is 1. The normalized spacial score (nSPS) is 12.3. The van der Waals surface area contributed by atoms with Crippen LogP contribution in [0.1, 0.15) is 11.5 Å². The Kier molecular flexibility index (Phi) is 7.05. The van der Waals surface area contributed by atoms with E-state index in [0.717, 1.165) is 0 Å². The maximum atomic E-state index is 12.6. The number of benzene rings is 4. The van der Waals surface area contributed by atoms with Crippen LogP contribution in [0.25, 0.3) is 0 Å². The van der Waals surface area contributed by atoms with Crippen LogP contribution < -0.4 is 13.2 Å². The van der Waals surface area contributed by atoms with Crippen molar-refractivity contribution < 1.29 is 9.90 Å². The molecule has 0 saturated carbocycles. The second-order valence-corrected chi connectivity index (χ2v) is 16.9. The van der Waals surface area contributed by atoms with Gasteiger partial charge in [0.15, 0.2) is 0 Å². The van der Waals surface area contributed by atoms with E-state index in [2.05, 4.69) is 36.4 Å². The molecule has 4 rings (SSSR count). The molecule has 0 spiro atoms. The third-order valence-corrected chi connectivity index (χ3v) is 17.0. The molecule has 0 aliphatic heterocycles. The molecule has 0 amide bonds. The molecule has 32 heavy (non-hydrogen) atoms. The van der Waals surface area contributed by atoms with Gasteiger partial charge < -0.3 is 0 Å². The van der Waals surface area contributed by atoms with E-state index in [1.54, 1.807) is 18.2 Å². The third kappa shape index (κ3) is 4.49. The number of halogens is 2. The number of rotatable bonds is 7. The topological polar surface area (TPSA) is 37.3 Å². The van der Waals surface area contributed by atoms with E-state index >= 15 is 0 Å². The van der Waals surface area contributed by atoms with Gasteiger partial charge in [0.05, 0.1) is 0 Å². The maximum absolute atomic E-state index is 12.6. The standard InChI is InChI=1S/C27H22Cl2GeO2/c28-20-16-17-24(26(29)18-20)25(27(31)32)19-30(21-10-4-1-5-11-21,22-12-6-2-7-13-22)23-14-8-3-9-15-23/h1-18,25H,19H2,(H,31,32). The quantitative estimate of drug-likeness (QED) is 0.334. The molecule has 1 N–H and O–H groups in total. The minimum absolute atomic E-state index is 0.385. The summed E-state index contributed by atoms with van der Waals surface area (Å²) in [6.45, 7) is 0. The zero-order valence-corrected chi connectivity index (χ0v) is 20.9. The number of carboxylic acid groups (broad SMARTS) is 1. The van der Waals surface area contributed by atoms with Crippen molar-refractivity contribution in [2.24, 2.45) is 0 Å². The van der Waals surface area contributed by atoms with Crippen LogP contribution in [0.15, 0.2) is 109 Å². The summed E-state index contributed by atoms with van der Waals surface area (Å²) in [7, 11) is 0. The van der Waals surface area contributed by atoms with Crippen molar-refractivity contribution in [3.63, 3.8) is 0 Å². The Morgan fingerprint density at radius 3 is 1.53 bits per heavy atom. The number of aliphatic carboxylic acids is 1. The molecule has 0 bridgehead atoms. The van der Waals surface area contributed by atoms with Gasteiger partial charge in [0, 0.05) is 0 Å². The average molecular weight is 522 g/mol. The van der Waals surface area contributed by atoms with Crippen LogP contribution >= 0.6 is 23.2 Å². The zero-order valence-electron chi connectivity index (χ0n) is 17.3. The molecular weight excluding hydrogens is 500 g/mol. The molecule has 4 aromatic carbocycles. The van der Waals surface area contributed by atoms with Gasteiger partial charge in [-0.15, -0.1) is 0 Å². The summed E-state index contributed by atoms with van der Waals surface area (Å²) < 4.78 is 3.63. The van der Waals surface area contributed by atoms with Gasteiger partial charge in [-0.2, -0.15) is 0 Å². The van der Waals surface area contributed by atoms with Gasteiger partial charge in [-0.25, -0.2) is 0 Å². The zero-order chi connectivity index (χ0) is 22.6. The molecule has 160 valence electrons. The second-order valence-electron chi connectivity index (χ2n) is 7.76. The minimum atomic E-state index is -3.46. The van der Waals surface area contributed by atoms with Crippen molar-refractivity contribution in [2.75, 3.05) is 0 Å². The first-order valence-electron chi connectivity index (χ1n) is 10.4. The Bertz CT molecular complexity index is 1100. The van der Waals surface area contributed by atoms with Crippen LogP contribution in [0.4, 0.5) is 0 Å². The van der Waals surface area contributed by atoms with E-state index in [-0.39, 0.29) is 0 Å². The van der Waals surface area contributed by atoms with Crippen molar-refractivity contribution in [1.29, 1.82) is 0 Å². The Morgan fingerprint density at radius 2 is 1.16 bits per heavy atom. The van der Waals surface area contributed by atoms with E-state index in [1.807, 2.05) is 54.6 Å². The summed E-state index contributed by atoms with van der Waals surface area (Å²) in [6, 6.07) is 36.1. The van der Waals surface area contributed by atoms with Gasteiger partial charge in [0.1, 0.15) is 0 Å². The van der Waals surface area contributed by atoms with Crippen molar-refractivity contribution in [3.05, 3.63) is 125 Å². The average Bonchev–Trinajstić information content (AvgIpc) is 2.82. The molecule has 0 aromatic heterocycles. The van der Waals surface area contributed by atoms with Crippen LogP contribution in [0, 0.1) is 0 Å². The molecule has 0 fully saturated rings. The van der Waals surface area contributed by atoms with E-state index < -0.39 is 25.2 Å². The van der Waals surface area contributed by atoms with Crippen LogP contribution in [-0.2, 0) is 4.79 Å². The summed E-state index contributed by atoms with van der Waals surface area (Å²) >= 11 is 9.15. The number of hydrogen-bond donors (Lipinski definition) is 1. The van der Waals surface area contributed by atoms with Gasteiger partial charge in [0.2, 0.25) is 0 Å². The SMILES string of the molecule is O=C(O)C([CH2][Ge]([c]1ccccc1)([c]1ccccc1)[c]1ccccc1)c1ccc(Cl)cc1Cl. The van der Waals surface area contributed by atoms with Crippen LogP contribution in [-0.4, -0.2) is 24.3 Å². The van der Waals surface area contributed by atoms with Crippen molar-refractivity contribution in [1.82, 2.24) is 0 Å². The molecule has 0 radical (unpaired) electrons. The molecular formula is C27H22Cl2GeO2. The Hall–Kier alpha value is -2.53. The predicted molar refractivity (Wildman–Crippen MR) is 136 cm³/mol. The Balaban J connectivity index is 1.99. The summed E-state index contributed by atoms with van der Waals surface area (Å²) in [5.41, 5.74) is 0.598. The predicted octanol–water partition coefficient (Wildman–Crippen LogP) is 5.33. The molecule has 1 unspecified atom stereocenters. The van der Waals surface area contributed by atoms with Gasteiger partial charge in [-0.1, -0.05) is 0 Å². The number of carbonyl (C=O) groups is 1. The van der Waals surface area contributed by atoms with Crippen LogP contribution in [0.2, 0.25) is 15.3 Å². The first-order valence-corrected chi connectivity index (χ1v) is 15.8. The first-order chi connectivity index (χ1) is 15.5. The summed E-state index contributed by atoms with van der Waals surface area (Å²) in [5.74, 6) is -1.65.